The number of carbonyl (C=O) groups excluding carboxylic acids is 1. The van der Waals surface area contributed by atoms with Crippen LogP contribution >= 0.6 is 11.3 Å². The van der Waals surface area contributed by atoms with Crippen molar-refractivity contribution in [1.29, 1.82) is 0 Å². The van der Waals surface area contributed by atoms with Crippen molar-refractivity contribution in [2.24, 2.45) is 0 Å². The number of non-ortho nitro benzene ring substituents is 1. The standard InChI is InChI=1S/C24H18N4O5S/c1-14-7-12-18(15(2)13-14)22-21(16-8-10-17(11-9-16)27(30)31)25-24(34-22)26-23(29)19-5-3-4-6-20(19)28(32)33/h3-13H,1-2H3,(H,25,26,29). The van der Waals surface area contributed by atoms with E-state index < -0.39 is 15.8 Å². The number of hydrogen-bond donors (Lipinski definition) is 1. The number of anilines is 1. The van der Waals surface area contributed by atoms with E-state index in [0.717, 1.165) is 21.6 Å². The number of benzene rings is 3. The van der Waals surface area contributed by atoms with Crippen LogP contribution in [0.25, 0.3) is 21.7 Å². The first-order valence-electron chi connectivity index (χ1n) is 10.1. The molecule has 1 amide bonds. The first kappa shape index (κ1) is 22.7. The zero-order valence-electron chi connectivity index (χ0n) is 18.1. The fraction of sp³-hybridized carbons (Fsp3) is 0.0833. The molecule has 170 valence electrons. The molecule has 4 aromatic rings. The molecule has 1 aromatic heterocycles. The highest BCUT2D eigenvalue weighted by molar-refractivity contribution is 7.19. The lowest BCUT2D eigenvalue weighted by molar-refractivity contribution is -0.385. The van der Waals surface area contributed by atoms with E-state index in [1.807, 2.05) is 32.0 Å². The van der Waals surface area contributed by atoms with Crippen molar-refractivity contribution in [2.75, 3.05) is 5.32 Å². The molecule has 0 saturated carbocycles. The minimum absolute atomic E-state index is 0.0445. The van der Waals surface area contributed by atoms with Gasteiger partial charge in [-0.15, -0.1) is 0 Å². The predicted molar refractivity (Wildman–Crippen MR) is 130 cm³/mol. The zero-order chi connectivity index (χ0) is 24.4. The van der Waals surface area contributed by atoms with Crippen molar-refractivity contribution < 1.29 is 14.6 Å². The predicted octanol–water partition coefficient (Wildman–Crippen LogP) is 6.16. The number of rotatable bonds is 6. The lowest BCUT2D eigenvalue weighted by atomic mass is 10.0. The molecular formula is C24H18N4O5S. The summed E-state index contributed by atoms with van der Waals surface area (Å²) in [6.45, 7) is 3.95. The first-order chi connectivity index (χ1) is 16.2. The fourth-order valence-electron chi connectivity index (χ4n) is 3.55. The molecule has 4 rings (SSSR count). The van der Waals surface area contributed by atoms with Crippen LogP contribution in [-0.2, 0) is 0 Å². The molecule has 0 aliphatic carbocycles. The number of carbonyl (C=O) groups is 1. The molecule has 0 radical (unpaired) electrons. The largest absolute Gasteiger partial charge is 0.298 e. The van der Waals surface area contributed by atoms with E-state index >= 15 is 0 Å². The van der Waals surface area contributed by atoms with E-state index in [-0.39, 0.29) is 22.1 Å². The zero-order valence-corrected chi connectivity index (χ0v) is 19.0. The normalized spacial score (nSPS) is 10.6. The highest BCUT2D eigenvalue weighted by atomic mass is 32.1. The summed E-state index contributed by atoms with van der Waals surface area (Å²) >= 11 is 1.23. The van der Waals surface area contributed by atoms with Crippen molar-refractivity contribution >= 4 is 33.8 Å². The molecule has 1 heterocycles. The molecule has 1 N–H and O–H groups in total. The number of nitro groups is 2. The van der Waals surface area contributed by atoms with Gasteiger partial charge in [0.05, 0.1) is 20.4 Å². The second-order valence-electron chi connectivity index (χ2n) is 7.55. The van der Waals surface area contributed by atoms with Crippen molar-refractivity contribution in [2.45, 2.75) is 13.8 Å². The van der Waals surface area contributed by atoms with Crippen LogP contribution in [0.1, 0.15) is 21.5 Å². The Morgan fingerprint density at radius 1 is 0.941 bits per heavy atom. The van der Waals surface area contributed by atoms with E-state index in [0.29, 0.717) is 11.3 Å². The van der Waals surface area contributed by atoms with E-state index in [1.54, 1.807) is 18.2 Å². The number of para-hydroxylation sites is 1. The maximum Gasteiger partial charge on any atom is 0.282 e. The Morgan fingerprint density at radius 3 is 2.29 bits per heavy atom. The summed E-state index contributed by atoms with van der Waals surface area (Å²) in [5.74, 6) is -0.650. The van der Waals surface area contributed by atoms with Gasteiger partial charge in [-0.3, -0.25) is 30.3 Å². The van der Waals surface area contributed by atoms with Crippen molar-refractivity contribution in [3.63, 3.8) is 0 Å². The van der Waals surface area contributed by atoms with Gasteiger partial charge in [-0.1, -0.05) is 47.2 Å². The molecule has 0 bridgehead atoms. The monoisotopic (exact) mass is 474 g/mol. The summed E-state index contributed by atoms with van der Waals surface area (Å²) in [6.07, 6.45) is 0. The highest BCUT2D eigenvalue weighted by Crippen LogP contribution is 2.41. The lowest BCUT2D eigenvalue weighted by Gasteiger charge is -2.07. The Kier molecular flexibility index (Phi) is 6.15. The number of nitrogens with one attached hydrogen (secondary N) is 1. The molecule has 0 spiro atoms. The summed E-state index contributed by atoms with van der Waals surface area (Å²) in [6, 6.07) is 17.6. The number of hydrogen-bond acceptors (Lipinski definition) is 7. The third-order valence-corrected chi connectivity index (χ3v) is 6.18. The second kappa shape index (κ2) is 9.20. The van der Waals surface area contributed by atoms with Crippen LogP contribution in [0, 0.1) is 34.1 Å². The molecule has 9 nitrogen and oxygen atoms in total. The van der Waals surface area contributed by atoms with Gasteiger partial charge >= 0.3 is 0 Å². The number of thiazole rings is 1. The molecule has 0 unspecified atom stereocenters. The molecule has 0 atom stereocenters. The van der Waals surface area contributed by atoms with E-state index in [1.165, 1.54) is 41.7 Å². The van der Waals surface area contributed by atoms with Gasteiger partial charge in [-0.05, 0) is 43.2 Å². The van der Waals surface area contributed by atoms with E-state index in [4.69, 9.17) is 0 Å². The molecular weight excluding hydrogens is 456 g/mol. The molecule has 0 aliphatic rings. The van der Waals surface area contributed by atoms with Crippen LogP contribution in [0.2, 0.25) is 0 Å². The molecule has 34 heavy (non-hydrogen) atoms. The van der Waals surface area contributed by atoms with Crippen molar-refractivity contribution in [1.82, 2.24) is 4.98 Å². The molecule has 0 fully saturated rings. The van der Waals surface area contributed by atoms with Gasteiger partial charge in [0, 0.05) is 23.8 Å². The Morgan fingerprint density at radius 2 is 1.65 bits per heavy atom. The highest BCUT2D eigenvalue weighted by Gasteiger charge is 2.23. The summed E-state index contributed by atoms with van der Waals surface area (Å²) < 4.78 is 0. The van der Waals surface area contributed by atoms with Gasteiger partial charge in [0.1, 0.15) is 5.56 Å². The van der Waals surface area contributed by atoms with Crippen LogP contribution in [0.5, 0.6) is 0 Å². The summed E-state index contributed by atoms with van der Waals surface area (Å²) in [5.41, 5.74) is 3.76. The molecule has 3 aromatic carbocycles. The van der Waals surface area contributed by atoms with Crippen molar-refractivity contribution in [3.05, 3.63) is 104 Å². The Bertz CT molecular complexity index is 1430. The molecule has 0 aliphatic heterocycles. The van der Waals surface area contributed by atoms with Crippen LogP contribution < -0.4 is 5.32 Å². The average Bonchev–Trinajstić information content (AvgIpc) is 3.22. The second-order valence-corrected chi connectivity index (χ2v) is 8.55. The maximum absolute atomic E-state index is 12.8. The third-order valence-electron chi connectivity index (χ3n) is 5.17. The van der Waals surface area contributed by atoms with Crippen LogP contribution in [0.4, 0.5) is 16.5 Å². The SMILES string of the molecule is Cc1ccc(-c2sc(NC(=O)c3ccccc3[N+](=O)[O-])nc2-c2ccc([N+](=O)[O-])cc2)c(C)c1. The fourth-order valence-corrected chi connectivity index (χ4v) is 4.62. The van der Waals surface area contributed by atoms with E-state index in [2.05, 4.69) is 10.3 Å². The smallest absolute Gasteiger partial charge is 0.282 e. The first-order valence-corrected chi connectivity index (χ1v) is 10.9. The van der Waals surface area contributed by atoms with Crippen LogP contribution in [-0.4, -0.2) is 20.7 Å². The summed E-state index contributed by atoms with van der Waals surface area (Å²) in [5, 5.41) is 25.3. The van der Waals surface area contributed by atoms with Gasteiger partial charge < -0.3 is 0 Å². The van der Waals surface area contributed by atoms with Gasteiger partial charge in [-0.2, -0.15) is 0 Å². The van der Waals surface area contributed by atoms with Gasteiger partial charge in [0.25, 0.3) is 17.3 Å². The van der Waals surface area contributed by atoms with E-state index in [9.17, 15) is 25.0 Å². The quantitative estimate of drug-likeness (QED) is 0.263. The summed E-state index contributed by atoms with van der Waals surface area (Å²) in [4.78, 5) is 39.5. The number of nitrogens with zero attached hydrogens (tertiary/aromatic N) is 3. The molecule has 0 saturated heterocycles. The maximum atomic E-state index is 12.8. The van der Waals surface area contributed by atoms with Gasteiger partial charge in [-0.25, -0.2) is 4.98 Å². The number of aryl methyl sites for hydroxylation is 2. The summed E-state index contributed by atoms with van der Waals surface area (Å²) in [7, 11) is 0. The third kappa shape index (κ3) is 4.52. The minimum Gasteiger partial charge on any atom is -0.298 e. The number of nitro benzene ring substituents is 2. The Labute approximate surface area is 198 Å². The van der Waals surface area contributed by atoms with Crippen LogP contribution in [0.15, 0.2) is 66.7 Å². The number of amides is 1. The topological polar surface area (TPSA) is 128 Å². The minimum atomic E-state index is -0.650. The van der Waals surface area contributed by atoms with Crippen molar-refractivity contribution in [3.8, 4) is 21.7 Å². The Balaban J connectivity index is 1.78. The van der Waals surface area contributed by atoms with Crippen LogP contribution in [0.3, 0.4) is 0 Å². The van der Waals surface area contributed by atoms with Gasteiger partial charge in [0.15, 0.2) is 5.13 Å². The average molecular weight is 474 g/mol. The number of aromatic nitrogens is 1. The van der Waals surface area contributed by atoms with Gasteiger partial charge in [0.2, 0.25) is 0 Å². The Hall–Kier alpha value is -4.44. The molecule has 10 heteroatoms. The lowest BCUT2D eigenvalue weighted by Crippen LogP contribution is -2.13.